The van der Waals surface area contributed by atoms with Crippen molar-refractivity contribution in [1.29, 1.82) is 0 Å². The third-order valence-corrected chi connectivity index (χ3v) is 6.39. The highest BCUT2D eigenvalue weighted by Gasteiger charge is 2.35. The van der Waals surface area contributed by atoms with Crippen molar-refractivity contribution < 1.29 is 14.7 Å². The molecular weight excluding hydrogens is 360 g/mol. The molecule has 6 nitrogen and oxygen atoms in total. The molecule has 1 fully saturated rings. The summed E-state index contributed by atoms with van der Waals surface area (Å²) in [4.78, 5) is 7.64. The van der Waals surface area contributed by atoms with Gasteiger partial charge in [-0.15, -0.1) is 5.10 Å². The number of hydrogen-bond donors (Lipinski definition) is 2. The number of ether oxygens (including phenoxy) is 1. The molecule has 0 aliphatic carbocycles. The molecule has 1 aromatic carbocycles. The largest absolute Gasteiger partial charge is 0.494 e. The average Bonchev–Trinajstić information content (AvgIpc) is 3.15. The molecule has 0 spiro atoms. The number of nitrogens with one attached hydrogen (secondary N) is 1. The van der Waals surface area contributed by atoms with Crippen LogP contribution >= 0.6 is 11.3 Å². The fourth-order valence-electron chi connectivity index (χ4n) is 4.12. The molecule has 1 unspecified atom stereocenters. The number of aryl methyl sites for hydroxylation is 1. The Morgan fingerprint density at radius 2 is 2.15 bits per heavy atom. The molecule has 0 bridgehead atoms. The highest BCUT2D eigenvalue weighted by atomic mass is 32.1. The smallest absolute Gasteiger partial charge is 0.235 e. The van der Waals surface area contributed by atoms with Crippen LogP contribution in [-0.4, -0.2) is 39.4 Å². The van der Waals surface area contributed by atoms with E-state index in [2.05, 4.69) is 29.1 Å². The molecule has 1 aliphatic rings. The molecule has 7 heteroatoms. The topological polar surface area (TPSA) is 64.1 Å². The Labute approximate surface area is 163 Å². The lowest BCUT2D eigenvalue weighted by Gasteiger charge is -2.34. The highest BCUT2D eigenvalue weighted by molar-refractivity contribution is 7.17. The van der Waals surface area contributed by atoms with Gasteiger partial charge < -0.3 is 14.7 Å². The first-order valence-electron chi connectivity index (χ1n) is 9.69. The van der Waals surface area contributed by atoms with Gasteiger partial charge in [-0.2, -0.15) is 4.52 Å². The van der Waals surface area contributed by atoms with E-state index in [4.69, 9.17) is 4.74 Å². The van der Waals surface area contributed by atoms with Crippen molar-refractivity contribution in [3.8, 4) is 11.6 Å². The summed E-state index contributed by atoms with van der Waals surface area (Å²) in [7, 11) is 0. The number of aromatic nitrogens is 3. The van der Waals surface area contributed by atoms with Crippen molar-refractivity contribution >= 4 is 16.3 Å². The van der Waals surface area contributed by atoms with Gasteiger partial charge in [0.05, 0.1) is 19.7 Å². The zero-order valence-electron chi connectivity index (χ0n) is 16.1. The normalized spacial score (nSPS) is 21.4. The van der Waals surface area contributed by atoms with Gasteiger partial charge in [0.1, 0.15) is 16.5 Å². The minimum Gasteiger partial charge on any atom is -0.494 e. The van der Waals surface area contributed by atoms with Gasteiger partial charge in [-0.25, -0.2) is 4.98 Å². The molecule has 2 N–H and O–H groups in total. The minimum absolute atomic E-state index is 0.0808. The fourth-order valence-corrected chi connectivity index (χ4v) is 5.31. The Bertz CT molecular complexity index is 918. The van der Waals surface area contributed by atoms with Crippen molar-refractivity contribution in [2.75, 3.05) is 19.7 Å². The van der Waals surface area contributed by atoms with Crippen LogP contribution in [0.2, 0.25) is 0 Å². The number of quaternary nitrogens is 1. The number of fused-ring (bicyclic) bond motifs is 1. The second-order valence-corrected chi connectivity index (χ2v) is 8.45. The SMILES string of the molecule is CCOc1ccc([C@H](c2sc3nc(C)nn3c2O)[NH+]2CCC[C@H](C)C2)cc1. The number of rotatable bonds is 5. The molecule has 27 heavy (non-hydrogen) atoms. The van der Waals surface area contributed by atoms with Gasteiger partial charge in [-0.3, -0.25) is 0 Å². The number of benzene rings is 1. The summed E-state index contributed by atoms with van der Waals surface area (Å²) in [6.07, 6.45) is 2.49. The van der Waals surface area contributed by atoms with E-state index in [9.17, 15) is 5.11 Å². The molecule has 144 valence electrons. The second kappa shape index (κ2) is 7.48. The van der Waals surface area contributed by atoms with Crippen molar-refractivity contribution in [1.82, 2.24) is 14.6 Å². The van der Waals surface area contributed by atoms with Gasteiger partial charge >= 0.3 is 0 Å². The van der Waals surface area contributed by atoms with E-state index in [-0.39, 0.29) is 11.9 Å². The van der Waals surface area contributed by atoms with E-state index in [1.165, 1.54) is 23.3 Å². The summed E-state index contributed by atoms with van der Waals surface area (Å²) in [5.41, 5.74) is 1.19. The molecule has 3 aromatic rings. The zero-order chi connectivity index (χ0) is 19.0. The number of aromatic hydroxyl groups is 1. The first-order chi connectivity index (χ1) is 13.1. The fraction of sp³-hybridized carbons (Fsp3) is 0.500. The Balaban J connectivity index is 1.77. The summed E-state index contributed by atoms with van der Waals surface area (Å²) >= 11 is 1.54. The van der Waals surface area contributed by atoms with E-state index in [0.717, 1.165) is 28.7 Å². The predicted molar refractivity (Wildman–Crippen MR) is 106 cm³/mol. The van der Waals surface area contributed by atoms with Crippen molar-refractivity contribution in [2.24, 2.45) is 5.92 Å². The molecule has 2 aromatic heterocycles. The molecule has 3 heterocycles. The zero-order valence-corrected chi connectivity index (χ0v) is 16.9. The van der Waals surface area contributed by atoms with Crippen molar-refractivity contribution in [3.63, 3.8) is 0 Å². The molecule has 1 aliphatic heterocycles. The van der Waals surface area contributed by atoms with E-state index in [1.807, 2.05) is 26.0 Å². The van der Waals surface area contributed by atoms with Gasteiger partial charge in [-0.05, 0) is 51.0 Å². The lowest BCUT2D eigenvalue weighted by atomic mass is 9.95. The second-order valence-electron chi connectivity index (χ2n) is 7.44. The molecule has 0 radical (unpaired) electrons. The van der Waals surface area contributed by atoms with Crippen molar-refractivity contribution in [2.45, 2.75) is 39.7 Å². The third kappa shape index (κ3) is 3.53. The van der Waals surface area contributed by atoms with Crippen LogP contribution in [0, 0.1) is 12.8 Å². The van der Waals surface area contributed by atoms with Gasteiger partial charge in [0, 0.05) is 11.5 Å². The average molecular weight is 388 g/mol. The molecule has 0 amide bonds. The summed E-state index contributed by atoms with van der Waals surface area (Å²) < 4.78 is 7.18. The van der Waals surface area contributed by atoms with Crippen LogP contribution in [0.15, 0.2) is 24.3 Å². The van der Waals surface area contributed by atoms with Crippen LogP contribution in [0.3, 0.4) is 0 Å². The summed E-state index contributed by atoms with van der Waals surface area (Å²) in [5.74, 6) is 2.47. The number of piperidine rings is 1. The maximum atomic E-state index is 10.9. The number of likely N-dealkylation sites (tertiary alicyclic amines) is 1. The summed E-state index contributed by atoms with van der Waals surface area (Å²) in [6, 6.07) is 8.39. The number of thiazole rings is 1. The third-order valence-electron chi connectivity index (χ3n) is 5.31. The van der Waals surface area contributed by atoms with Crippen LogP contribution in [0.5, 0.6) is 11.6 Å². The Morgan fingerprint density at radius 3 is 2.81 bits per heavy atom. The van der Waals surface area contributed by atoms with Crippen molar-refractivity contribution in [3.05, 3.63) is 40.5 Å². The van der Waals surface area contributed by atoms with E-state index >= 15 is 0 Å². The quantitative estimate of drug-likeness (QED) is 0.706. The van der Waals surface area contributed by atoms with Gasteiger partial charge in [-0.1, -0.05) is 18.3 Å². The van der Waals surface area contributed by atoms with Crippen LogP contribution in [-0.2, 0) is 0 Å². The first-order valence-corrected chi connectivity index (χ1v) is 10.5. The van der Waals surface area contributed by atoms with Crippen LogP contribution in [0.1, 0.15) is 49.0 Å². The van der Waals surface area contributed by atoms with Crippen LogP contribution in [0.4, 0.5) is 0 Å². The Morgan fingerprint density at radius 1 is 1.37 bits per heavy atom. The van der Waals surface area contributed by atoms with Crippen LogP contribution in [0.25, 0.3) is 4.96 Å². The van der Waals surface area contributed by atoms with E-state index in [0.29, 0.717) is 18.3 Å². The highest BCUT2D eigenvalue weighted by Crippen LogP contribution is 2.35. The molecule has 1 saturated heterocycles. The first kappa shape index (κ1) is 18.3. The molecule has 0 saturated carbocycles. The van der Waals surface area contributed by atoms with E-state index < -0.39 is 0 Å². The van der Waals surface area contributed by atoms with Gasteiger partial charge in [0.2, 0.25) is 10.8 Å². The maximum absolute atomic E-state index is 10.9. The lowest BCUT2D eigenvalue weighted by Crippen LogP contribution is -3.13. The van der Waals surface area contributed by atoms with Gasteiger partial charge in [0.15, 0.2) is 6.04 Å². The maximum Gasteiger partial charge on any atom is 0.235 e. The minimum atomic E-state index is 0.0808. The standard InChI is InChI=1S/C20H26N4O2S/c1-4-26-16-9-7-15(8-10-16)17(23-11-5-6-13(2)12-23)18-19(25)24-20(27-18)21-14(3)22-24/h7-10,13,17,25H,4-6,11-12H2,1-3H3/p+1/t13-,17+/m0/s1. The molecule has 3 atom stereocenters. The molecule has 4 rings (SSSR count). The van der Waals surface area contributed by atoms with Crippen LogP contribution < -0.4 is 9.64 Å². The van der Waals surface area contributed by atoms with E-state index in [1.54, 1.807) is 15.9 Å². The Hall–Kier alpha value is -2.12. The summed E-state index contributed by atoms with van der Waals surface area (Å²) in [5, 5.41) is 15.2. The number of hydrogen-bond acceptors (Lipinski definition) is 5. The monoisotopic (exact) mass is 387 g/mol. The molecular formula is C20H27N4O2S+. The number of nitrogens with zero attached hydrogens (tertiary/aromatic N) is 3. The predicted octanol–water partition coefficient (Wildman–Crippen LogP) is 2.61. The summed E-state index contributed by atoms with van der Waals surface area (Å²) in [6.45, 7) is 9.02. The Kier molecular flexibility index (Phi) is 5.06. The van der Waals surface area contributed by atoms with Gasteiger partial charge in [0.25, 0.3) is 0 Å². The lowest BCUT2D eigenvalue weighted by molar-refractivity contribution is -0.933.